The molecule has 1 aliphatic rings. The molecule has 8 nitrogen and oxygen atoms in total. The first-order valence-corrected chi connectivity index (χ1v) is 13.7. The number of imidazole rings is 1. The van der Waals surface area contributed by atoms with Crippen molar-refractivity contribution in [2.45, 2.75) is 24.9 Å². The second kappa shape index (κ2) is 10.4. The van der Waals surface area contributed by atoms with Gasteiger partial charge in [0, 0.05) is 17.7 Å². The Labute approximate surface area is 203 Å². The summed E-state index contributed by atoms with van der Waals surface area (Å²) in [4.78, 5) is 29.0. The number of aromatic nitrogens is 2. The Hall–Kier alpha value is -3.11. The Balaban J connectivity index is 1.39. The first-order valence-electron chi connectivity index (χ1n) is 10.9. The number of aryl methyl sites for hydroxylation is 1. The van der Waals surface area contributed by atoms with Crippen molar-refractivity contribution >= 4 is 33.4 Å². The molecule has 0 spiro atoms. The zero-order chi connectivity index (χ0) is 24.1. The van der Waals surface area contributed by atoms with E-state index in [2.05, 4.69) is 15.8 Å². The monoisotopic (exact) mass is 498 g/mol. The van der Waals surface area contributed by atoms with Crippen molar-refractivity contribution in [1.82, 2.24) is 20.4 Å². The maximum Gasteiger partial charge on any atom is 0.248 e. The van der Waals surface area contributed by atoms with E-state index < -0.39 is 15.7 Å². The number of benzene rings is 2. The number of carbonyl (C=O) groups excluding carboxylic acids is 2. The quantitative estimate of drug-likeness (QED) is 0.383. The van der Waals surface area contributed by atoms with Gasteiger partial charge in [-0.3, -0.25) is 25.0 Å². The largest absolute Gasteiger partial charge is 0.287 e. The van der Waals surface area contributed by atoms with Crippen molar-refractivity contribution in [3.05, 3.63) is 66.4 Å². The second-order valence-corrected chi connectivity index (χ2v) is 11.5. The maximum atomic E-state index is 12.4. The predicted octanol–water partition coefficient (Wildman–Crippen LogP) is 2.91. The third kappa shape index (κ3) is 6.06. The van der Waals surface area contributed by atoms with Crippen molar-refractivity contribution in [3.63, 3.8) is 0 Å². The summed E-state index contributed by atoms with van der Waals surface area (Å²) >= 11 is 1.26. The van der Waals surface area contributed by atoms with E-state index in [1.54, 1.807) is 6.20 Å². The summed E-state index contributed by atoms with van der Waals surface area (Å²) in [5.74, 6) is -0.781. The van der Waals surface area contributed by atoms with Crippen LogP contribution in [0.4, 0.5) is 0 Å². The van der Waals surface area contributed by atoms with Crippen molar-refractivity contribution < 1.29 is 18.0 Å². The highest BCUT2D eigenvalue weighted by Gasteiger charge is 2.29. The van der Waals surface area contributed by atoms with E-state index in [1.807, 2.05) is 66.1 Å². The number of hydrazine groups is 1. The van der Waals surface area contributed by atoms with Gasteiger partial charge in [-0.2, -0.15) is 0 Å². The molecule has 0 radical (unpaired) electrons. The molecule has 0 aliphatic carbocycles. The van der Waals surface area contributed by atoms with Gasteiger partial charge in [0.25, 0.3) is 0 Å². The summed E-state index contributed by atoms with van der Waals surface area (Å²) in [6.45, 7) is 2.02. The van der Waals surface area contributed by atoms with Crippen molar-refractivity contribution in [2.75, 3.05) is 17.3 Å². The lowest BCUT2D eigenvalue weighted by atomic mass is 10.1. The zero-order valence-electron chi connectivity index (χ0n) is 18.7. The highest BCUT2D eigenvalue weighted by Crippen LogP contribution is 2.30. The maximum absolute atomic E-state index is 12.4. The van der Waals surface area contributed by atoms with Crippen LogP contribution in [-0.2, 0) is 19.4 Å². The molecule has 0 saturated carbocycles. The van der Waals surface area contributed by atoms with Crippen LogP contribution < -0.4 is 10.9 Å². The van der Waals surface area contributed by atoms with Gasteiger partial charge in [0.05, 0.1) is 29.1 Å². The van der Waals surface area contributed by atoms with Crippen LogP contribution in [0.25, 0.3) is 16.9 Å². The molecule has 2 heterocycles. The van der Waals surface area contributed by atoms with Crippen molar-refractivity contribution in [1.29, 1.82) is 0 Å². The van der Waals surface area contributed by atoms with Crippen LogP contribution in [0.3, 0.4) is 0 Å². The summed E-state index contributed by atoms with van der Waals surface area (Å²) in [5, 5.41) is 0.653. The molecular formula is C24H26N4O4S2. The number of sulfone groups is 1. The van der Waals surface area contributed by atoms with E-state index in [4.69, 9.17) is 0 Å². The molecular weight excluding hydrogens is 472 g/mol. The highest BCUT2D eigenvalue weighted by molar-refractivity contribution is 7.99. The minimum absolute atomic E-state index is 0.0234. The number of hydrogen-bond acceptors (Lipinski definition) is 6. The fraction of sp³-hybridized carbons (Fsp3) is 0.292. The van der Waals surface area contributed by atoms with Crippen LogP contribution in [0.15, 0.2) is 66.0 Å². The first-order chi connectivity index (χ1) is 16.3. The number of amides is 2. The topological polar surface area (TPSA) is 110 Å². The van der Waals surface area contributed by atoms with E-state index in [9.17, 15) is 18.0 Å². The molecule has 1 fully saturated rings. The van der Waals surface area contributed by atoms with Gasteiger partial charge in [-0.25, -0.2) is 13.4 Å². The van der Waals surface area contributed by atoms with E-state index in [-0.39, 0.29) is 35.5 Å². The third-order valence-electron chi connectivity index (χ3n) is 5.57. The van der Waals surface area contributed by atoms with Gasteiger partial charge in [0.15, 0.2) is 15.0 Å². The summed E-state index contributed by atoms with van der Waals surface area (Å²) < 4.78 is 25.1. The standard InChI is InChI=1S/C24H26N4O4S2/c1-17-7-9-20(10-8-17)28-21(19-5-3-2-4-6-19)14-25-24(28)33-15-23(30)27-26-22(29)13-18-11-12-34(31,32)16-18/h2-10,14,18H,11-13,15-16H2,1H3,(H,26,29)(H,27,30)/t18-/m1/s1. The van der Waals surface area contributed by atoms with Crippen LogP contribution in [-0.4, -0.2) is 47.0 Å². The van der Waals surface area contributed by atoms with Crippen LogP contribution in [0.1, 0.15) is 18.4 Å². The molecule has 178 valence electrons. The van der Waals surface area contributed by atoms with E-state index in [0.717, 1.165) is 22.5 Å². The zero-order valence-corrected chi connectivity index (χ0v) is 20.4. The summed E-state index contributed by atoms with van der Waals surface area (Å²) in [6.07, 6.45) is 2.34. The fourth-order valence-corrected chi connectivity index (χ4v) is 6.50. The van der Waals surface area contributed by atoms with E-state index in [0.29, 0.717) is 11.6 Å². The molecule has 3 aromatic rings. The Kier molecular flexibility index (Phi) is 7.38. The average Bonchev–Trinajstić information content (AvgIpc) is 3.40. The van der Waals surface area contributed by atoms with Crippen molar-refractivity contribution in [3.8, 4) is 16.9 Å². The predicted molar refractivity (Wildman–Crippen MR) is 132 cm³/mol. The normalized spacial score (nSPS) is 16.8. The van der Waals surface area contributed by atoms with Crippen LogP contribution >= 0.6 is 11.8 Å². The Morgan fingerprint density at radius 3 is 2.44 bits per heavy atom. The molecule has 1 saturated heterocycles. The minimum atomic E-state index is -3.04. The third-order valence-corrected chi connectivity index (χ3v) is 8.36. The van der Waals surface area contributed by atoms with E-state index in [1.165, 1.54) is 11.8 Å². The van der Waals surface area contributed by atoms with Crippen molar-refractivity contribution in [2.24, 2.45) is 5.92 Å². The summed E-state index contributed by atoms with van der Waals surface area (Å²) in [7, 11) is -3.04. The van der Waals surface area contributed by atoms with Gasteiger partial charge in [-0.15, -0.1) is 0 Å². The van der Waals surface area contributed by atoms with Gasteiger partial charge in [0.2, 0.25) is 11.8 Å². The number of carbonyl (C=O) groups is 2. The lowest BCUT2D eigenvalue weighted by Crippen LogP contribution is -2.43. The second-order valence-electron chi connectivity index (χ2n) is 8.32. The molecule has 0 unspecified atom stereocenters. The van der Waals surface area contributed by atoms with Gasteiger partial charge in [0.1, 0.15) is 0 Å². The summed E-state index contributed by atoms with van der Waals surface area (Å²) in [6, 6.07) is 18.0. The van der Waals surface area contributed by atoms with Gasteiger partial charge < -0.3 is 0 Å². The van der Waals surface area contributed by atoms with Gasteiger partial charge in [-0.05, 0) is 31.4 Å². The molecule has 34 heavy (non-hydrogen) atoms. The van der Waals surface area contributed by atoms with Crippen LogP contribution in [0.5, 0.6) is 0 Å². The van der Waals surface area contributed by atoms with Crippen LogP contribution in [0.2, 0.25) is 0 Å². The number of hydrogen-bond donors (Lipinski definition) is 2. The molecule has 1 atom stereocenters. The lowest BCUT2D eigenvalue weighted by molar-refractivity contribution is -0.128. The number of rotatable bonds is 7. The molecule has 10 heteroatoms. The number of nitrogens with one attached hydrogen (secondary N) is 2. The average molecular weight is 499 g/mol. The Bertz CT molecular complexity index is 1270. The van der Waals surface area contributed by atoms with E-state index >= 15 is 0 Å². The molecule has 2 N–H and O–H groups in total. The van der Waals surface area contributed by atoms with Gasteiger partial charge in [-0.1, -0.05) is 59.8 Å². The lowest BCUT2D eigenvalue weighted by Gasteiger charge is -2.13. The minimum Gasteiger partial charge on any atom is -0.287 e. The van der Waals surface area contributed by atoms with Crippen LogP contribution in [0, 0.1) is 12.8 Å². The molecule has 2 amide bonds. The molecule has 4 rings (SSSR count). The SMILES string of the molecule is Cc1ccc(-n2c(-c3ccccc3)cnc2SCC(=O)NNC(=O)C[C@H]2CCS(=O)(=O)C2)cc1. The smallest absolute Gasteiger partial charge is 0.248 e. The molecule has 2 aromatic carbocycles. The molecule has 1 aliphatic heterocycles. The molecule has 1 aromatic heterocycles. The summed E-state index contributed by atoms with van der Waals surface area (Å²) in [5.41, 5.74) is 8.78. The first kappa shape index (κ1) is 24.0. The van der Waals surface area contributed by atoms with Gasteiger partial charge >= 0.3 is 0 Å². The molecule has 0 bridgehead atoms. The number of nitrogens with zero attached hydrogens (tertiary/aromatic N) is 2. The Morgan fingerprint density at radius 1 is 1.06 bits per heavy atom. The number of thioether (sulfide) groups is 1. The highest BCUT2D eigenvalue weighted by atomic mass is 32.2. The Morgan fingerprint density at radius 2 is 1.76 bits per heavy atom. The fourth-order valence-electron chi connectivity index (χ4n) is 3.84.